The lowest BCUT2D eigenvalue weighted by molar-refractivity contribution is 0.343. The summed E-state index contributed by atoms with van der Waals surface area (Å²) in [7, 11) is 0. The normalized spacial score (nSPS) is 11.1. The Balaban J connectivity index is 3.17. The van der Waals surface area contributed by atoms with Gasteiger partial charge in [0.1, 0.15) is 11.6 Å². The van der Waals surface area contributed by atoms with E-state index >= 15 is 0 Å². The molecule has 1 rings (SSSR count). The van der Waals surface area contributed by atoms with E-state index in [0.29, 0.717) is 0 Å². The summed E-state index contributed by atoms with van der Waals surface area (Å²) in [5, 5.41) is 8.16. The van der Waals surface area contributed by atoms with E-state index in [2.05, 4.69) is 0 Å². The van der Waals surface area contributed by atoms with Gasteiger partial charge in [-0.1, -0.05) is 23.8 Å². The zero-order valence-electron chi connectivity index (χ0n) is 6.60. The Morgan fingerprint density at radius 3 is 2.54 bits per heavy atom. The summed E-state index contributed by atoms with van der Waals surface area (Å²) in [5.41, 5.74) is -0.0456. The number of aliphatic hydroxyl groups excluding tert-OH is 1. The van der Waals surface area contributed by atoms with E-state index in [1.807, 2.05) is 0 Å². The van der Waals surface area contributed by atoms with Crippen molar-refractivity contribution in [1.29, 1.82) is 0 Å². The van der Waals surface area contributed by atoms with E-state index in [-0.39, 0.29) is 17.2 Å². The van der Waals surface area contributed by atoms with Crippen molar-refractivity contribution in [2.45, 2.75) is 0 Å². The minimum absolute atomic E-state index is 0.0456. The van der Waals surface area contributed by atoms with Crippen molar-refractivity contribution >= 4 is 17.7 Å². The lowest BCUT2D eigenvalue weighted by atomic mass is 10.2. The molecular weight excluding hydrogens is 198 g/mol. The van der Waals surface area contributed by atoms with Crippen LogP contribution >= 0.6 is 11.6 Å². The highest BCUT2D eigenvalue weighted by atomic mass is 35.5. The fourth-order valence-electron chi connectivity index (χ4n) is 0.866. The van der Waals surface area contributed by atoms with Crippen LogP contribution in [0.15, 0.2) is 18.2 Å². The molecule has 0 amide bonds. The predicted octanol–water partition coefficient (Wildman–Crippen LogP) is 2.62. The summed E-state index contributed by atoms with van der Waals surface area (Å²) in [6.45, 7) is -0.244. The fourth-order valence-corrected chi connectivity index (χ4v) is 1.08. The first-order chi connectivity index (χ1) is 6.16. The molecule has 0 fully saturated rings. The first-order valence-electron chi connectivity index (χ1n) is 3.57. The maximum atomic E-state index is 13.0. The minimum Gasteiger partial charge on any atom is -0.392 e. The molecule has 4 heteroatoms. The van der Waals surface area contributed by atoms with Gasteiger partial charge in [-0.2, -0.15) is 0 Å². The van der Waals surface area contributed by atoms with Crippen LogP contribution in [-0.2, 0) is 0 Å². The molecule has 0 aliphatic rings. The van der Waals surface area contributed by atoms with Crippen LogP contribution in [-0.4, -0.2) is 11.7 Å². The molecule has 70 valence electrons. The summed E-state index contributed by atoms with van der Waals surface area (Å²) >= 11 is 5.49. The largest absolute Gasteiger partial charge is 0.392 e. The second-order valence-electron chi connectivity index (χ2n) is 2.34. The molecule has 1 aromatic rings. The average Bonchev–Trinajstić information content (AvgIpc) is 2.12. The molecule has 0 aliphatic carbocycles. The Labute approximate surface area is 79.3 Å². The molecule has 0 atom stereocenters. The minimum atomic E-state index is -0.680. The summed E-state index contributed by atoms with van der Waals surface area (Å²) in [4.78, 5) is 0. The van der Waals surface area contributed by atoms with E-state index < -0.39 is 11.6 Å². The standard InChI is InChI=1S/C9H7ClF2O/c10-9-6(2-1-5-13)7(11)3-4-8(9)12/h1-4,13H,5H2/b2-1+. The second kappa shape index (κ2) is 4.35. The highest BCUT2D eigenvalue weighted by Gasteiger charge is 2.08. The van der Waals surface area contributed by atoms with Gasteiger partial charge in [-0.05, 0) is 12.1 Å². The highest BCUT2D eigenvalue weighted by Crippen LogP contribution is 2.23. The van der Waals surface area contributed by atoms with Crippen molar-refractivity contribution in [3.63, 3.8) is 0 Å². The van der Waals surface area contributed by atoms with Crippen LogP contribution in [0.2, 0.25) is 5.02 Å². The van der Waals surface area contributed by atoms with E-state index in [4.69, 9.17) is 16.7 Å². The average molecular weight is 205 g/mol. The van der Waals surface area contributed by atoms with Crippen LogP contribution in [0.3, 0.4) is 0 Å². The van der Waals surface area contributed by atoms with Gasteiger partial charge in [0.15, 0.2) is 0 Å². The van der Waals surface area contributed by atoms with Gasteiger partial charge >= 0.3 is 0 Å². The summed E-state index contributed by atoms with van der Waals surface area (Å²) in [6, 6.07) is 1.94. The molecule has 0 spiro atoms. The van der Waals surface area contributed by atoms with Gasteiger partial charge in [-0.25, -0.2) is 8.78 Å². The fraction of sp³-hybridized carbons (Fsp3) is 0.111. The Bertz CT molecular complexity index is 337. The second-order valence-corrected chi connectivity index (χ2v) is 2.72. The molecule has 0 saturated heterocycles. The third-order valence-electron chi connectivity index (χ3n) is 1.47. The van der Waals surface area contributed by atoms with Crippen LogP contribution in [0, 0.1) is 11.6 Å². The first-order valence-corrected chi connectivity index (χ1v) is 3.95. The van der Waals surface area contributed by atoms with Crippen LogP contribution in [0.5, 0.6) is 0 Å². The Hall–Kier alpha value is -0.930. The van der Waals surface area contributed by atoms with Gasteiger partial charge in [0.25, 0.3) is 0 Å². The third-order valence-corrected chi connectivity index (χ3v) is 1.85. The maximum Gasteiger partial charge on any atom is 0.142 e. The smallest absolute Gasteiger partial charge is 0.142 e. The molecule has 0 unspecified atom stereocenters. The molecule has 0 radical (unpaired) electrons. The molecular formula is C9H7ClF2O. The number of benzene rings is 1. The molecule has 0 aliphatic heterocycles. The number of aliphatic hydroxyl groups is 1. The molecule has 0 bridgehead atoms. The topological polar surface area (TPSA) is 20.2 Å². The molecule has 0 heterocycles. The molecule has 0 saturated carbocycles. The van der Waals surface area contributed by atoms with E-state index in [0.717, 1.165) is 12.1 Å². The van der Waals surface area contributed by atoms with Gasteiger partial charge in [0, 0.05) is 5.56 Å². The summed E-state index contributed by atoms with van der Waals surface area (Å²) in [5.74, 6) is -1.29. The van der Waals surface area contributed by atoms with Crippen LogP contribution in [0.4, 0.5) is 8.78 Å². The quantitative estimate of drug-likeness (QED) is 0.735. The zero-order valence-corrected chi connectivity index (χ0v) is 7.35. The molecule has 0 aromatic heterocycles. The summed E-state index contributed by atoms with van der Waals surface area (Å²) < 4.78 is 25.8. The first kappa shape index (κ1) is 10.2. The van der Waals surface area contributed by atoms with Crippen molar-refractivity contribution < 1.29 is 13.9 Å². The van der Waals surface area contributed by atoms with Gasteiger partial charge in [0.2, 0.25) is 0 Å². The van der Waals surface area contributed by atoms with Crippen LogP contribution in [0.1, 0.15) is 5.56 Å². The number of hydrogen-bond donors (Lipinski definition) is 1. The SMILES string of the molecule is OC/C=C/c1c(F)ccc(F)c1Cl. The maximum absolute atomic E-state index is 13.0. The molecule has 1 nitrogen and oxygen atoms in total. The Morgan fingerprint density at radius 1 is 1.31 bits per heavy atom. The monoisotopic (exact) mass is 204 g/mol. The third kappa shape index (κ3) is 2.26. The number of rotatable bonds is 2. The van der Waals surface area contributed by atoms with Crippen molar-refractivity contribution in [2.24, 2.45) is 0 Å². The lowest BCUT2D eigenvalue weighted by Gasteiger charge is -2.00. The predicted molar refractivity (Wildman–Crippen MR) is 47.5 cm³/mol. The van der Waals surface area contributed by atoms with Gasteiger partial charge in [-0.15, -0.1) is 0 Å². The van der Waals surface area contributed by atoms with Crippen molar-refractivity contribution in [3.8, 4) is 0 Å². The van der Waals surface area contributed by atoms with E-state index in [1.54, 1.807) is 0 Å². The van der Waals surface area contributed by atoms with Crippen molar-refractivity contribution in [1.82, 2.24) is 0 Å². The molecule has 1 N–H and O–H groups in total. The van der Waals surface area contributed by atoms with Gasteiger partial charge in [-0.3, -0.25) is 0 Å². The zero-order chi connectivity index (χ0) is 9.84. The molecule has 1 aromatic carbocycles. The van der Waals surface area contributed by atoms with Crippen molar-refractivity contribution in [2.75, 3.05) is 6.61 Å². The Morgan fingerprint density at radius 2 is 1.92 bits per heavy atom. The number of hydrogen-bond acceptors (Lipinski definition) is 1. The van der Waals surface area contributed by atoms with E-state index in [9.17, 15) is 8.78 Å². The summed E-state index contributed by atoms with van der Waals surface area (Å²) in [6.07, 6.45) is 2.52. The lowest BCUT2D eigenvalue weighted by Crippen LogP contribution is -1.88. The van der Waals surface area contributed by atoms with Crippen LogP contribution in [0.25, 0.3) is 6.08 Å². The van der Waals surface area contributed by atoms with Gasteiger partial charge < -0.3 is 5.11 Å². The molecule has 13 heavy (non-hydrogen) atoms. The van der Waals surface area contributed by atoms with E-state index in [1.165, 1.54) is 12.2 Å². The van der Waals surface area contributed by atoms with Gasteiger partial charge in [0.05, 0.1) is 11.6 Å². The van der Waals surface area contributed by atoms with Crippen molar-refractivity contribution in [3.05, 3.63) is 40.4 Å². The number of halogens is 3. The van der Waals surface area contributed by atoms with Crippen LogP contribution < -0.4 is 0 Å². The Kier molecular flexibility index (Phi) is 3.39. The highest BCUT2D eigenvalue weighted by molar-refractivity contribution is 6.32.